The molecule has 0 saturated heterocycles. The molecule has 0 aliphatic rings. The highest BCUT2D eigenvalue weighted by Gasteiger charge is 2.05. The van der Waals surface area contributed by atoms with Crippen molar-refractivity contribution >= 4 is 5.57 Å². The molecule has 2 aromatic rings. The maximum Gasteiger partial charge on any atom is -0.0154 e. The molecule has 0 fully saturated rings. The predicted molar refractivity (Wildman–Crippen MR) is 140 cm³/mol. The fourth-order valence-electron chi connectivity index (χ4n) is 4.42. The van der Waals surface area contributed by atoms with Crippen molar-refractivity contribution in [2.75, 3.05) is 0 Å². The van der Waals surface area contributed by atoms with Gasteiger partial charge >= 0.3 is 0 Å². The molecule has 31 heavy (non-hydrogen) atoms. The number of hydrogen-bond donors (Lipinski definition) is 0. The van der Waals surface area contributed by atoms with Gasteiger partial charge in [-0.15, -0.1) is 0 Å². The zero-order valence-electron chi connectivity index (χ0n) is 20.6. The SMILES string of the molecule is CC=C(c1ccc(CCCCCCCC)cc1)c1ccc(CCCCCCCC)cc1. The Bertz CT molecular complexity index is 656. The van der Waals surface area contributed by atoms with E-state index in [1.807, 2.05) is 0 Å². The maximum atomic E-state index is 2.33. The normalized spacial score (nSPS) is 10.9. The van der Waals surface area contributed by atoms with Crippen molar-refractivity contribution in [3.8, 4) is 0 Å². The molecule has 0 heteroatoms. The van der Waals surface area contributed by atoms with Gasteiger partial charge in [-0.1, -0.05) is 133 Å². The molecule has 170 valence electrons. The van der Waals surface area contributed by atoms with Crippen molar-refractivity contribution in [2.24, 2.45) is 0 Å². The number of hydrogen-bond acceptors (Lipinski definition) is 0. The van der Waals surface area contributed by atoms with Gasteiger partial charge in [-0.3, -0.25) is 0 Å². The van der Waals surface area contributed by atoms with E-state index in [9.17, 15) is 0 Å². The van der Waals surface area contributed by atoms with Crippen molar-refractivity contribution in [2.45, 2.75) is 111 Å². The topological polar surface area (TPSA) is 0 Å². The average Bonchev–Trinajstić information content (AvgIpc) is 2.81. The molecule has 0 aromatic heterocycles. The Balaban J connectivity index is 1.82. The van der Waals surface area contributed by atoms with Crippen LogP contribution < -0.4 is 0 Å². The zero-order chi connectivity index (χ0) is 22.2. The highest BCUT2D eigenvalue weighted by molar-refractivity contribution is 5.79. The van der Waals surface area contributed by atoms with Crippen LogP contribution in [0.15, 0.2) is 54.6 Å². The van der Waals surface area contributed by atoms with Crippen LogP contribution in [0.1, 0.15) is 120 Å². The molecule has 2 rings (SSSR count). The minimum Gasteiger partial charge on any atom is -0.0792 e. The van der Waals surface area contributed by atoms with Gasteiger partial charge in [0.05, 0.1) is 0 Å². The summed E-state index contributed by atoms with van der Waals surface area (Å²) in [6, 6.07) is 18.6. The molecule has 0 saturated carbocycles. The van der Waals surface area contributed by atoms with Gasteiger partial charge < -0.3 is 0 Å². The lowest BCUT2D eigenvalue weighted by Crippen LogP contribution is -1.92. The largest absolute Gasteiger partial charge is 0.0792 e. The maximum absolute atomic E-state index is 2.33. The lowest BCUT2D eigenvalue weighted by Gasteiger charge is -2.11. The highest BCUT2D eigenvalue weighted by atomic mass is 14.1. The Morgan fingerprint density at radius 1 is 0.516 bits per heavy atom. The zero-order valence-corrected chi connectivity index (χ0v) is 20.6. The van der Waals surface area contributed by atoms with Crippen LogP contribution in [0, 0.1) is 0 Å². The summed E-state index contributed by atoms with van der Waals surface area (Å²) in [6.45, 7) is 6.72. The summed E-state index contributed by atoms with van der Waals surface area (Å²) >= 11 is 0. The molecule has 0 N–H and O–H groups in total. The number of unbranched alkanes of at least 4 members (excludes halogenated alkanes) is 10. The van der Waals surface area contributed by atoms with Crippen molar-refractivity contribution < 1.29 is 0 Å². The summed E-state index contributed by atoms with van der Waals surface area (Å²) < 4.78 is 0. The summed E-state index contributed by atoms with van der Waals surface area (Å²) in [4.78, 5) is 0. The van der Waals surface area contributed by atoms with E-state index in [0.717, 1.165) is 0 Å². The van der Waals surface area contributed by atoms with Crippen LogP contribution in [0.2, 0.25) is 0 Å². The summed E-state index contributed by atoms with van der Waals surface area (Å²) in [5, 5.41) is 0. The van der Waals surface area contributed by atoms with Gasteiger partial charge in [0.2, 0.25) is 0 Å². The second kappa shape index (κ2) is 15.9. The van der Waals surface area contributed by atoms with Crippen LogP contribution in [-0.4, -0.2) is 0 Å². The van der Waals surface area contributed by atoms with Crippen molar-refractivity contribution in [1.29, 1.82) is 0 Å². The minimum absolute atomic E-state index is 1.21. The molecule has 0 radical (unpaired) electrons. The van der Waals surface area contributed by atoms with Gasteiger partial charge in [0.15, 0.2) is 0 Å². The summed E-state index contributed by atoms with van der Waals surface area (Å²) in [5.74, 6) is 0. The molecule has 0 bridgehead atoms. The average molecular weight is 419 g/mol. The highest BCUT2D eigenvalue weighted by Crippen LogP contribution is 2.25. The Hall–Kier alpha value is -1.82. The van der Waals surface area contributed by atoms with Crippen LogP contribution in [0.25, 0.3) is 5.57 Å². The molecule has 0 unspecified atom stereocenters. The van der Waals surface area contributed by atoms with E-state index >= 15 is 0 Å². The lowest BCUT2D eigenvalue weighted by atomic mass is 9.94. The van der Waals surface area contributed by atoms with Gasteiger partial charge in [-0.25, -0.2) is 0 Å². The van der Waals surface area contributed by atoms with Crippen LogP contribution in [0.3, 0.4) is 0 Å². The van der Waals surface area contributed by atoms with Gasteiger partial charge in [-0.2, -0.15) is 0 Å². The molecular formula is C31H46. The fraction of sp³-hybridized carbons (Fsp3) is 0.548. The molecule has 0 amide bonds. The summed E-state index contributed by atoms with van der Waals surface area (Å²) in [7, 11) is 0. The molecule has 2 aromatic carbocycles. The van der Waals surface area contributed by atoms with Crippen molar-refractivity contribution in [1.82, 2.24) is 0 Å². The third-order valence-electron chi connectivity index (χ3n) is 6.46. The van der Waals surface area contributed by atoms with E-state index in [1.54, 1.807) is 0 Å². The molecule has 0 atom stereocenters. The van der Waals surface area contributed by atoms with E-state index < -0.39 is 0 Å². The van der Waals surface area contributed by atoms with Gasteiger partial charge in [0.25, 0.3) is 0 Å². The first-order valence-corrected chi connectivity index (χ1v) is 13.1. The number of aryl methyl sites for hydroxylation is 2. The number of benzene rings is 2. The molecule has 0 heterocycles. The lowest BCUT2D eigenvalue weighted by molar-refractivity contribution is 0.607. The van der Waals surface area contributed by atoms with Crippen LogP contribution in [0.4, 0.5) is 0 Å². The molecule has 0 spiro atoms. The summed E-state index contributed by atoms with van der Waals surface area (Å²) in [5.41, 5.74) is 6.96. The van der Waals surface area contributed by atoms with Crippen LogP contribution in [-0.2, 0) is 12.8 Å². The summed E-state index contributed by atoms with van der Waals surface area (Å²) in [6.07, 6.45) is 21.1. The van der Waals surface area contributed by atoms with E-state index in [4.69, 9.17) is 0 Å². The van der Waals surface area contributed by atoms with Crippen molar-refractivity contribution in [3.63, 3.8) is 0 Å². The molecule has 0 aliphatic heterocycles. The van der Waals surface area contributed by atoms with Crippen molar-refractivity contribution in [3.05, 3.63) is 76.9 Å². The van der Waals surface area contributed by atoms with Gasteiger partial charge in [-0.05, 0) is 60.4 Å². The number of allylic oxidation sites excluding steroid dienone is 1. The first-order valence-electron chi connectivity index (χ1n) is 13.1. The first-order chi connectivity index (χ1) is 15.3. The standard InChI is InChI=1S/C31H46/c1-4-7-9-11-13-15-17-27-19-23-29(24-20-27)31(6-3)30-25-21-28(22-26-30)18-16-14-12-10-8-5-2/h6,19-26H,4-5,7-18H2,1-3H3. The van der Waals surface area contributed by atoms with E-state index in [2.05, 4.69) is 75.4 Å². The number of rotatable bonds is 16. The predicted octanol–water partition coefficient (Wildman–Crippen LogP) is 9.94. The van der Waals surface area contributed by atoms with E-state index in [1.165, 1.54) is 118 Å². The molecular weight excluding hydrogens is 372 g/mol. The van der Waals surface area contributed by atoms with E-state index in [-0.39, 0.29) is 0 Å². The Morgan fingerprint density at radius 3 is 1.23 bits per heavy atom. The second-order valence-corrected chi connectivity index (χ2v) is 9.13. The Morgan fingerprint density at radius 2 is 0.871 bits per heavy atom. The Kier molecular flexibility index (Phi) is 13.1. The smallest absolute Gasteiger partial charge is 0.0154 e. The minimum atomic E-state index is 1.21. The van der Waals surface area contributed by atoms with E-state index in [0.29, 0.717) is 0 Å². The van der Waals surface area contributed by atoms with Gasteiger partial charge in [0.1, 0.15) is 0 Å². The quantitative estimate of drug-likeness (QED) is 0.238. The molecule has 0 nitrogen and oxygen atoms in total. The van der Waals surface area contributed by atoms with Gasteiger partial charge in [0, 0.05) is 0 Å². The third-order valence-corrected chi connectivity index (χ3v) is 6.46. The Labute approximate surface area is 193 Å². The molecule has 0 aliphatic carbocycles. The monoisotopic (exact) mass is 418 g/mol. The third kappa shape index (κ3) is 9.90. The van der Waals surface area contributed by atoms with Crippen LogP contribution in [0.5, 0.6) is 0 Å². The first kappa shape index (κ1) is 25.4. The second-order valence-electron chi connectivity index (χ2n) is 9.13. The fourth-order valence-corrected chi connectivity index (χ4v) is 4.42. The van der Waals surface area contributed by atoms with Crippen LogP contribution >= 0.6 is 0 Å².